The van der Waals surface area contributed by atoms with Crippen LogP contribution in [0.3, 0.4) is 0 Å². The largest absolute Gasteiger partial charge is 0.258 e. The average Bonchev–Trinajstić information content (AvgIpc) is 2.06. The summed E-state index contributed by atoms with van der Waals surface area (Å²) < 4.78 is 0. The lowest BCUT2D eigenvalue weighted by Gasteiger charge is -2.06. The number of benzene rings is 1. The van der Waals surface area contributed by atoms with E-state index in [1.54, 1.807) is 0 Å². The lowest BCUT2D eigenvalue weighted by atomic mass is 10.0. The summed E-state index contributed by atoms with van der Waals surface area (Å²) in [6.45, 7) is 2.63. The van der Waals surface area contributed by atoms with Crippen molar-refractivity contribution in [1.82, 2.24) is 5.73 Å². The lowest BCUT2D eigenvalue weighted by Crippen LogP contribution is -2.05. The fraction of sp³-hybridized carbons (Fsp3) is 0.400. The molecule has 1 rings (SSSR count). The van der Waals surface area contributed by atoms with E-state index in [1.165, 1.54) is 5.56 Å². The molecule has 0 bridgehead atoms. The first-order valence-corrected chi connectivity index (χ1v) is 4.01. The first-order chi connectivity index (χ1) is 5.33. The number of hydrogen-bond donors (Lipinski definition) is 0. The van der Waals surface area contributed by atoms with Gasteiger partial charge >= 0.3 is 0 Å². The van der Waals surface area contributed by atoms with Crippen LogP contribution in [0.5, 0.6) is 0 Å². The van der Waals surface area contributed by atoms with Crippen LogP contribution in [0.15, 0.2) is 30.3 Å². The third-order valence-corrected chi connectivity index (χ3v) is 1.78. The van der Waals surface area contributed by atoms with Gasteiger partial charge in [-0.3, -0.25) is 5.73 Å². The molecule has 1 N–H and O–H groups in total. The number of hydrogen-bond acceptors (Lipinski definition) is 0. The van der Waals surface area contributed by atoms with Gasteiger partial charge in [0.2, 0.25) is 0 Å². The molecule has 0 saturated heterocycles. The molecule has 1 radical (unpaired) electrons. The lowest BCUT2D eigenvalue weighted by molar-refractivity contribution is 0.584. The molecule has 0 heterocycles. The molecule has 0 aliphatic rings. The van der Waals surface area contributed by atoms with Crippen LogP contribution in [0.1, 0.15) is 12.5 Å². The quantitative estimate of drug-likeness (QED) is 0.627. The molecule has 1 atom stereocenters. The smallest absolute Gasteiger partial charge is 0.0129 e. The highest BCUT2D eigenvalue weighted by Crippen LogP contribution is 2.06. The molecular formula is C10H14N. The van der Waals surface area contributed by atoms with E-state index < -0.39 is 0 Å². The second kappa shape index (κ2) is 4.14. The van der Waals surface area contributed by atoms with E-state index in [0.717, 1.165) is 6.42 Å². The zero-order valence-electron chi connectivity index (χ0n) is 6.88. The normalized spacial score (nSPS) is 12.9. The van der Waals surface area contributed by atoms with Crippen LogP contribution in [-0.4, -0.2) is 6.54 Å². The van der Waals surface area contributed by atoms with Gasteiger partial charge in [0.05, 0.1) is 0 Å². The van der Waals surface area contributed by atoms with Crippen molar-refractivity contribution in [3.63, 3.8) is 0 Å². The Morgan fingerprint density at radius 1 is 1.27 bits per heavy atom. The third kappa shape index (κ3) is 2.72. The van der Waals surface area contributed by atoms with Gasteiger partial charge < -0.3 is 0 Å². The highest BCUT2D eigenvalue weighted by molar-refractivity contribution is 5.14. The Balaban J connectivity index is 2.51. The summed E-state index contributed by atoms with van der Waals surface area (Å²) in [5.41, 5.74) is 8.50. The molecule has 0 fully saturated rings. The van der Waals surface area contributed by atoms with Gasteiger partial charge in [0, 0.05) is 6.54 Å². The molecule has 0 amide bonds. The van der Waals surface area contributed by atoms with Gasteiger partial charge in [0.25, 0.3) is 0 Å². The maximum atomic E-state index is 7.16. The SMILES string of the molecule is CC(C[NH])Cc1ccccc1. The average molecular weight is 148 g/mol. The first-order valence-electron chi connectivity index (χ1n) is 4.01. The molecule has 1 unspecified atom stereocenters. The zero-order chi connectivity index (χ0) is 8.10. The van der Waals surface area contributed by atoms with Gasteiger partial charge in [-0.25, -0.2) is 0 Å². The molecule has 11 heavy (non-hydrogen) atoms. The summed E-state index contributed by atoms with van der Waals surface area (Å²) >= 11 is 0. The van der Waals surface area contributed by atoms with E-state index in [9.17, 15) is 0 Å². The minimum Gasteiger partial charge on any atom is -0.258 e. The Bertz CT molecular complexity index is 193. The van der Waals surface area contributed by atoms with Crippen molar-refractivity contribution in [2.75, 3.05) is 6.54 Å². The van der Waals surface area contributed by atoms with E-state index >= 15 is 0 Å². The monoisotopic (exact) mass is 148 g/mol. The maximum Gasteiger partial charge on any atom is 0.0129 e. The summed E-state index contributed by atoms with van der Waals surface area (Å²) in [5.74, 6) is 0.484. The molecule has 1 aromatic carbocycles. The van der Waals surface area contributed by atoms with Crippen LogP contribution < -0.4 is 5.73 Å². The Morgan fingerprint density at radius 2 is 1.91 bits per heavy atom. The standard InChI is InChI=1S/C10H14N/c1-9(8-11)7-10-5-3-2-4-6-10/h2-6,9,11H,7-8H2,1H3. The van der Waals surface area contributed by atoms with Gasteiger partial charge in [0.15, 0.2) is 0 Å². The predicted octanol–water partition coefficient (Wildman–Crippen LogP) is 2.15. The van der Waals surface area contributed by atoms with E-state index in [-0.39, 0.29) is 0 Å². The Labute approximate surface area is 68.2 Å². The molecule has 0 aliphatic heterocycles. The minimum absolute atomic E-state index is 0.484. The van der Waals surface area contributed by atoms with Crippen LogP contribution in [-0.2, 0) is 6.42 Å². The van der Waals surface area contributed by atoms with Crippen molar-refractivity contribution < 1.29 is 0 Å². The zero-order valence-corrected chi connectivity index (χ0v) is 6.88. The Hall–Kier alpha value is -0.820. The van der Waals surface area contributed by atoms with E-state index in [0.29, 0.717) is 12.5 Å². The van der Waals surface area contributed by atoms with E-state index in [2.05, 4.69) is 19.1 Å². The van der Waals surface area contributed by atoms with E-state index in [4.69, 9.17) is 5.73 Å². The summed E-state index contributed by atoms with van der Waals surface area (Å²) in [5, 5.41) is 0. The van der Waals surface area contributed by atoms with Crippen LogP contribution in [0.25, 0.3) is 0 Å². The summed E-state index contributed by atoms with van der Waals surface area (Å²) in [6.07, 6.45) is 1.03. The van der Waals surface area contributed by atoms with Crippen molar-refractivity contribution in [1.29, 1.82) is 0 Å². The van der Waals surface area contributed by atoms with Crippen LogP contribution in [0.4, 0.5) is 0 Å². The van der Waals surface area contributed by atoms with Crippen molar-refractivity contribution >= 4 is 0 Å². The van der Waals surface area contributed by atoms with Gasteiger partial charge in [-0.1, -0.05) is 37.3 Å². The van der Waals surface area contributed by atoms with Crippen molar-refractivity contribution in [3.05, 3.63) is 35.9 Å². The molecule has 0 aliphatic carbocycles. The highest BCUT2D eigenvalue weighted by Gasteiger charge is 1.99. The van der Waals surface area contributed by atoms with Crippen LogP contribution in [0, 0.1) is 5.92 Å². The van der Waals surface area contributed by atoms with Crippen molar-refractivity contribution in [2.24, 2.45) is 5.92 Å². The second-order valence-corrected chi connectivity index (χ2v) is 3.00. The second-order valence-electron chi connectivity index (χ2n) is 3.00. The topological polar surface area (TPSA) is 23.8 Å². The molecule has 0 spiro atoms. The summed E-state index contributed by atoms with van der Waals surface area (Å²) in [4.78, 5) is 0. The molecule has 0 aromatic heterocycles. The number of rotatable bonds is 3. The molecular weight excluding hydrogens is 134 g/mol. The van der Waals surface area contributed by atoms with Crippen molar-refractivity contribution in [2.45, 2.75) is 13.3 Å². The Kier molecular flexibility index (Phi) is 3.12. The predicted molar refractivity (Wildman–Crippen MR) is 47.3 cm³/mol. The minimum atomic E-state index is 0.484. The van der Waals surface area contributed by atoms with Crippen molar-refractivity contribution in [3.8, 4) is 0 Å². The molecule has 59 valence electrons. The Morgan fingerprint density at radius 3 is 2.45 bits per heavy atom. The molecule has 1 nitrogen and oxygen atoms in total. The molecule has 1 heteroatoms. The summed E-state index contributed by atoms with van der Waals surface area (Å²) in [7, 11) is 0. The highest BCUT2D eigenvalue weighted by atomic mass is 14.5. The maximum absolute atomic E-state index is 7.16. The van der Waals surface area contributed by atoms with Crippen LogP contribution in [0.2, 0.25) is 0 Å². The fourth-order valence-electron chi connectivity index (χ4n) is 1.09. The van der Waals surface area contributed by atoms with Gasteiger partial charge in [-0.2, -0.15) is 0 Å². The first kappa shape index (κ1) is 8.28. The molecule has 1 aromatic rings. The van der Waals surface area contributed by atoms with Crippen LogP contribution >= 0.6 is 0 Å². The van der Waals surface area contributed by atoms with Gasteiger partial charge in [-0.15, -0.1) is 0 Å². The summed E-state index contributed by atoms with van der Waals surface area (Å²) in [6, 6.07) is 10.4. The fourth-order valence-corrected chi connectivity index (χ4v) is 1.09. The molecule has 0 saturated carbocycles. The van der Waals surface area contributed by atoms with E-state index in [1.807, 2.05) is 18.2 Å². The third-order valence-electron chi connectivity index (χ3n) is 1.78. The number of nitrogens with one attached hydrogen (secondary N) is 1. The van der Waals surface area contributed by atoms with Gasteiger partial charge in [-0.05, 0) is 17.9 Å². The van der Waals surface area contributed by atoms with Gasteiger partial charge in [0.1, 0.15) is 0 Å².